The SMILES string of the molecule is CC(CN1[C@@H]2CCC[C@H]1CC(NC(=O)c1cccc(C#N)c1)C2)c1ccccc1. The predicted octanol–water partition coefficient (Wildman–Crippen LogP) is 4.48. The third-order valence-corrected chi connectivity index (χ3v) is 6.57. The molecule has 2 fully saturated rings. The number of nitriles is 1. The standard InChI is InChI=1S/C25H29N3O/c1-18(20-8-3-2-4-9-20)17-28-23-11-6-12-24(28)15-22(14-23)27-25(29)21-10-5-7-19(13-21)16-26/h2-5,7-10,13,18,22-24H,6,11-12,14-15,17H2,1H3,(H,27,29)/t18?,22?,23-,24+. The minimum absolute atomic E-state index is 0.0590. The number of hydrogen-bond acceptors (Lipinski definition) is 3. The van der Waals surface area contributed by atoms with Gasteiger partial charge in [-0.05, 0) is 55.4 Å². The van der Waals surface area contributed by atoms with E-state index >= 15 is 0 Å². The van der Waals surface area contributed by atoms with E-state index in [1.165, 1.54) is 24.8 Å². The summed E-state index contributed by atoms with van der Waals surface area (Å²) in [6, 6.07) is 21.1. The van der Waals surface area contributed by atoms with Crippen LogP contribution in [0.3, 0.4) is 0 Å². The Balaban J connectivity index is 1.40. The van der Waals surface area contributed by atoms with Gasteiger partial charge in [-0.25, -0.2) is 0 Å². The van der Waals surface area contributed by atoms with Crippen LogP contribution in [0.5, 0.6) is 0 Å². The van der Waals surface area contributed by atoms with Gasteiger partial charge in [0.2, 0.25) is 0 Å². The average Bonchev–Trinajstić information content (AvgIpc) is 2.74. The average molecular weight is 388 g/mol. The summed E-state index contributed by atoms with van der Waals surface area (Å²) in [4.78, 5) is 15.4. The Morgan fingerprint density at radius 3 is 2.55 bits per heavy atom. The number of piperidine rings is 2. The van der Waals surface area contributed by atoms with Crippen molar-refractivity contribution >= 4 is 5.91 Å². The maximum absolute atomic E-state index is 12.7. The van der Waals surface area contributed by atoms with Crippen molar-refractivity contribution in [1.82, 2.24) is 10.2 Å². The van der Waals surface area contributed by atoms with E-state index in [-0.39, 0.29) is 11.9 Å². The summed E-state index contributed by atoms with van der Waals surface area (Å²) in [6.07, 6.45) is 5.75. The molecule has 4 nitrogen and oxygen atoms in total. The fourth-order valence-electron chi connectivity index (χ4n) is 5.10. The zero-order chi connectivity index (χ0) is 20.2. The predicted molar refractivity (Wildman–Crippen MR) is 115 cm³/mol. The lowest BCUT2D eigenvalue weighted by Crippen LogP contribution is -2.57. The quantitative estimate of drug-likeness (QED) is 0.823. The molecule has 2 aromatic carbocycles. The number of nitrogens with zero attached hydrogens (tertiary/aromatic N) is 2. The van der Waals surface area contributed by atoms with Gasteiger partial charge in [-0.2, -0.15) is 5.26 Å². The van der Waals surface area contributed by atoms with Crippen molar-refractivity contribution in [3.8, 4) is 6.07 Å². The van der Waals surface area contributed by atoms with Gasteiger partial charge in [-0.15, -0.1) is 0 Å². The second-order valence-electron chi connectivity index (χ2n) is 8.58. The molecule has 4 heteroatoms. The summed E-state index contributed by atoms with van der Waals surface area (Å²) >= 11 is 0. The van der Waals surface area contributed by atoms with Gasteiger partial charge < -0.3 is 5.32 Å². The van der Waals surface area contributed by atoms with E-state index in [0.717, 1.165) is 19.4 Å². The van der Waals surface area contributed by atoms with Crippen LogP contribution in [0.2, 0.25) is 0 Å². The van der Waals surface area contributed by atoms with Crippen molar-refractivity contribution < 1.29 is 4.79 Å². The highest BCUT2D eigenvalue weighted by Gasteiger charge is 2.39. The second kappa shape index (κ2) is 8.80. The van der Waals surface area contributed by atoms with Crippen molar-refractivity contribution in [2.24, 2.45) is 0 Å². The zero-order valence-electron chi connectivity index (χ0n) is 17.1. The smallest absolute Gasteiger partial charge is 0.251 e. The van der Waals surface area contributed by atoms with E-state index in [1.807, 2.05) is 0 Å². The van der Waals surface area contributed by atoms with E-state index in [0.29, 0.717) is 29.1 Å². The highest BCUT2D eigenvalue weighted by molar-refractivity contribution is 5.94. The first-order chi connectivity index (χ1) is 14.1. The third-order valence-electron chi connectivity index (χ3n) is 6.57. The molecule has 1 amide bonds. The topological polar surface area (TPSA) is 56.1 Å². The van der Waals surface area contributed by atoms with Crippen LogP contribution in [0.25, 0.3) is 0 Å². The van der Waals surface area contributed by atoms with Gasteiger partial charge in [-0.1, -0.05) is 49.7 Å². The van der Waals surface area contributed by atoms with Crippen LogP contribution in [0.15, 0.2) is 54.6 Å². The summed E-state index contributed by atoms with van der Waals surface area (Å²) in [5.74, 6) is 0.454. The molecular weight excluding hydrogens is 358 g/mol. The molecule has 0 radical (unpaired) electrons. The van der Waals surface area contributed by atoms with Crippen molar-refractivity contribution in [1.29, 1.82) is 5.26 Å². The number of amides is 1. The number of fused-ring (bicyclic) bond motifs is 2. The number of carbonyl (C=O) groups is 1. The highest BCUT2D eigenvalue weighted by atomic mass is 16.1. The summed E-state index contributed by atoms with van der Waals surface area (Å²) in [5.41, 5.74) is 2.51. The minimum Gasteiger partial charge on any atom is -0.349 e. The molecule has 29 heavy (non-hydrogen) atoms. The summed E-state index contributed by atoms with van der Waals surface area (Å²) < 4.78 is 0. The summed E-state index contributed by atoms with van der Waals surface area (Å²) in [6.45, 7) is 3.41. The maximum atomic E-state index is 12.7. The van der Waals surface area contributed by atoms with E-state index in [9.17, 15) is 4.79 Å². The molecule has 4 rings (SSSR count). The van der Waals surface area contributed by atoms with E-state index in [4.69, 9.17) is 5.26 Å². The molecule has 2 bridgehead atoms. The lowest BCUT2D eigenvalue weighted by molar-refractivity contribution is 0.0206. The van der Waals surface area contributed by atoms with Gasteiger partial charge in [-0.3, -0.25) is 9.69 Å². The largest absolute Gasteiger partial charge is 0.349 e. The Kier molecular flexibility index (Phi) is 5.97. The van der Waals surface area contributed by atoms with Gasteiger partial charge in [0.05, 0.1) is 11.6 Å². The van der Waals surface area contributed by atoms with Crippen LogP contribution in [-0.4, -0.2) is 35.5 Å². The summed E-state index contributed by atoms with van der Waals surface area (Å²) in [5, 5.41) is 12.3. The van der Waals surface area contributed by atoms with E-state index < -0.39 is 0 Å². The Labute approximate surface area is 173 Å². The monoisotopic (exact) mass is 387 g/mol. The van der Waals surface area contributed by atoms with Gasteiger partial charge in [0.1, 0.15) is 0 Å². The third kappa shape index (κ3) is 4.52. The number of carbonyl (C=O) groups excluding carboxylic acids is 1. The van der Waals surface area contributed by atoms with Gasteiger partial charge in [0, 0.05) is 30.2 Å². The molecule has 4 atom stereocenters. The molecule has 0 aromatic heterocycles. The van der Waals surface area contributed by atoms with Crippen LogP contribution < -0.4 is 5.32 Å². The molecule has 0 saturated carbocycles. The molecule has 2 aliphatic heterocycles. The van der Waals surface area contributed by atoms with Crippen LogP contribution in [0.1, 0.15) is 66.4 Å². The van der Waals surface area contributed by atoms with Crippen LogP contribution in [0.4, 0.5) is 0 Å². The minimum atomic E-state index is -0.0590. The molecule has 2 aromatic rings. The molecule has 0 spiro atoms. The Morgan fingerprint density at radius 1 is 1.14 bits per heavy atom. The van der Waals surface area contributed by atoms with Crippen LogP contribution in [0, 0.1) is 11.3 Å². The molecular formula is C25H29N3O. The van der Waals surface area contributed by atoms with Crippen molar-refractivity contribution in [3.05, 3.63) is 71.3 Å². The lowest BCUT2D eigenvalue weighted by Gasteiger charge is -2.50. The van der Waals surface area contributed by atoms with Crippen molar-refractivity contribution in [2.45, 2.75) is 63.1 Å². The maximum Gasteiger partial charge on any atom is 0.251 e. The fourth-order valence-corrected chi connectivity index (χ4v) is 5.10. The lowest BCUT2D eigenvalue weighted by atomic mass is 9.80. The number of nitrogens with one attached hydrogen (secondary N) is 1. The Bertz CT molecular complexity index is 874. The first-order valence-electron chi connectivity index (χ1n) is 10.8. The second-order valence-corrected chi connectivity index (χ2v) is 8.58. The molecule has 2 unspecified atom stereocenters. The molecule has 2 heterocycles. The van der Waals surface area contributed by atoms with Gasteiger partial charge in [0.25, 0.3) is 5.91 Å². The summed E-state index contributed by atoms with van der Waals surface area (Å²) in [7, 11) is 0. The molecule has 0 aliphatic carbocycles. The number of rotatable bonds is 5. The van der Waals surface area contributed by atoms with E-state index in [1.54, 1.807) is 24.3 Å². The van der Waals surface area contributed by atoms with Crippen LogP contribution in [-0.2, 0) is 0 Å². The van der Waals surface area contributed by atoms with Gasteiger partial charge >= 0.3 is 0 Å². The van der Waals surface area contributed by atoms with Crippen molar-refractivity contribution in [3.63, 3.8) is 0 Å². The zero-order valence-corrected chi connectivity index (χ0v) is 17.1. The van der Waals surface area contributed by atoms with Crippen molar-refractivity contribution in [2.75, 3.05) is 6.54 Å². The highest BCUT2D eigenvalue weighted by Crippen LogP contribution is 2.35. The first kappa shape index (κ1) is 19.7. The number of hydrogen-bond donors (Lipinski definition) is 1. The first-order valence-corrected chi connectivity index (χ1v) is 10.8. The normalized spacial score (nSPS) is 25.0. The van der Waals surface area contributed by atoms with Crippen LogP contribution >= 0.6 is 0 Å². The molecule has 2 saturated heterocycles. The molecule has 150 valence electrons. The van der Waals surface area contributed by atoms with E-state index in [2.05, 4.69) is 53.5 Å². The Hall–Kier alpha value is -2.64. The molecule has 2 aliphatic rings. The Morgan fingerprint density at radius 2 is 1.86 bits per heavy atom. The molecule has 1 N–H and O–H groups in total. The van der Waals surface area contributed by atoms with Gasteiger partial charge in [0.15, 0.2) is 0 Å². The number of benzene rings is 2. The fraction of sp³-hybridized carbons (Fsp3) is 0.440.